The Bertz CT molecular complexity index is 860. The summed E-state index contributed by atoms with van der Waals surface area (Å²) in [6.07, 6.45) is 2.50. The van der Waals surface area contributed by atoms with E-state index in [2.05, 4.69) is 15.5 Å². The van der Waals surface area contributed by atoms with E-state index in [9.17, 15) is 19.2 Å². The second kappa shape index (κ2) is 8.04. The van der Waals surface area contributed by atoms with E-state index in [0.29, 0.717) is 23.6 Å². The first kappa shape index (κ1) is 19.7. The topological polar surface area (TPSA) is 98.8 Å². The van der Waals surface area contributed by atoms with Gasteiger partial charge in [-0.05, 0) is 63.5 Å². The van der Waals surface area contributed by atoms with Crippen LogP contribution < -0.4 is 10.6 Å². The fraction of sp³-hybridized carbons (Fsp3) is 0.524. The van der Waals surface area contributed by atoms with Gasteiger partial charge in [0.1, 0.15) is 6.04 Å². The predicted octanol–water partition coefficient (Wildman–Crippen LogP) is 0.519. The summed E-state index contributed by atoms with van der Waals surface area (Å²) in [4.78, 5) is 53.1. The number of nitrogens with zero attached hydrogens (tertiary/aromatic N) is 2. The summed E-state index contributed by atoms with van der Waals surface area (Å²) in [5.74, 6) is -1.16. The summed E-state index contributed by atoms with van der Waals surface area (Å²) in [7, 11) is 1.97. The number of benzene rings is 1. The number of rotatable bonds is 5. The first-order valence-electron chi connectivity index (χ1n) is 10.2. The molecule has 2 N–H and O–H groups in total. The van der Waals surface area contributed by atoms with Crippen LogP contribution >= 0.6 is 0 Å². The average Bonchev–Trinajstić information content (AvgIpc) is 2.95. The van der Waals surface area contributed by atoms with Gasteiger partial charge in [-0.15, -0.1) is 0 Å². The molecule has 0 spiro atoms. The van der Waals surface area contributed by atoms with E-state index in [1.54, 1.807) is 12.1 Å². The second-order valence-corrected chi connectivity index (χ2v) is 8.06. The third kappa shape index (κ3) is 3.70. The van der Waals surface area contributed by atoms with Crippen molar-refractivity contribution in [3.63, 3.8) is 0 Å². The van der Waals surface area contributed by atoms with Crippen LogP contribution in [0, 0.1) is 5.92 Å². The maximum absolute atomic E-state index is 13.1. The number of hydrogen-bond acceptors (Lipinski definition) is 6. The van der Waals surface area contributed by atoms with Crippen molar-refractivity contribution in [2.24, 2.45) is 5.92 Å². The molecule has 2 fully saturated rings. The number of fused-ring (bicyclic) bond motifs is 1. The fourth-order valence-electron chi connectivity index (χ4n) is 4.59. The second-order valence-electron chi connectivity index (χ2n) is 8.06. The van der Waals surface area contributed by atoms with E-state index >= 15 is 0 Å². The van der Waals surface area contributed by atoms with Crippen molar-refractivity contribution in [1.82, 2.24) is 20.4 Å². The Morgan fingerprint density at radius 3 is 2.52 bits per heavy atom. The summed E-state index contributed by atoms with van der Waals surface area (Å²) < 4.78 is 0. The number of imide groups is 2. The largest absolute Gasteiger partial charge is 0.319 e. The molecule has 0 radical (unpaired) electrons. The highest BCUT2D eigenvalue weighted by Crippen LogP contribution is 2.31. The van der Waals surface area contributed by atoms with Crippen molar-refractivity contribution in [3.8, 4) is 0 Å². The minimum Gasteiger partial charge on any atom is -0.319 e. The maximum Gasteiger partial charge on any atom is 0.262 e. The van der Waals surface area contributed by atoms with Crippen molar-refractivity contribution < 1.29 is 19.2 Å². The lowest BCUT2D eigenvalue weighted by Gasteiger charge is -2.32. The number of hydrogen-bond donors (Lipinski definition) is 2. The van der Waals surface area contributed by atoms with Gasteiger partial charge in [-0.1, -0.05) is 12.1 Å². The quantitative estimate of drug-likeness (QED) is 0.702. The number of amides is 4. The molecular weight excluding hydrogens is 372 g/mol. The lowest BCUT2D eigenvalue weighted by Crippen LogP contribution is -2.54. The third-order valence-corrected chi connectivity index (χ3v) is 6.15. The number of carbonyl (C=O) groups excluding carboxylic acids is 4. The standard InChI is InChI=1S/C21H26N4O4/c1-22-11-13-7-9-24(10-8-13)12-14-3-2-4-15-18(14)21(29)25(20(15)28)16-5-6-17(26)23-19(16)27/h2-4,13,16,22H,5-12H2,1H3,(H,23,26,27). The predicted molar refractivity (Wildman–Crippen MR) is 105 cm³/mol. The van der Waals surface area contributed by atoms with Gasteiger partial charge in [0.2, 0.25) is 11.8 Å². The van der Waals surface area contributed by atoms with Crippen LogP contribution in [0.2, 0.25) is 0 Å². The lowest BCUT2D eigenvalue weighted by atomic mass is 9.95. The van der Waals surface area contributed by atoms with Gasteiger partial charge in [0.15, 0.2) is 0 Å². The van der Waals surface area contributed by atoms with Gasteiger partial charge < -0.3 is 5.32 Å². The highest BCUT2D eigenvalue weighted by Gasteiger charge is 2.45. The summed E-state index contributed by atoms with van der Waals surface area (Å²) in [6.45, 7) is 3.53. The minimum absolute atomic E-state index is 0.123. The highest BCUT2D eigenvalue weighted by molar-refractivity contribution is 6.24. The SMILES string of the molecule is CNCC1CCN(Cc2cccc3c2C(=O)N(C2CCC(=O)NC2=O)C3=O)CC1. The molecule has 0 bridgehead atoms. The van der Waals surface area contributed by atoms with E-state index in [4.69, 9.17) is 0 Å². The molecule has 1 atom stereocenters. The lowest BCUT2D eigenvalue weighted by molar-refractivity contribution is -0.136. The molecule has 8 heteroatoms. The first-order valence-corrected chi connectivity index (χ1v) is 10.2. The van der Waals surface area contributed by atoms with Crippen molar-refractivity contribution in [2.45, 2.75) is 38.3 Å². The third-order valence-electron chi connectivity index (χ3n) is 6.15. The molecule has 4 rings (SSSR count). The molecule has 3 aliphatic rings. The molecule has 4 amide bonds. The molecular formula is C21H26N4O4. The molecule has 29 heavy (non-hydrogen) atoms. The van der Waals surface area contributed by atoms with Crippen molar-refractivity contribution in [3.05, 3.63) is 34.9 Å². The van der Waals surface area contributed by atoms with Crippen molar-refractivity contribution in [1.29, 1.82) is 0 Å². The molecule has 1 aromatic carbocycles. The van der Waals surface area contributed by atoms with Crippen molar-refractivity contribution >= 4 is 23.6 Å². The highest BCUT2D eigenvalue weighted by atomic mass is 16.2. The smallest absolute Gasteiger partial charge is 0.262 e. The molecule has 8 nitrogen and oxygen atoms in total. The molecule has 3 heterocycles. The molecule has 1 unspecified atom stereocenters. The Hall–Kier alpha value is -2.58. The van der Waals surface area contributed by atoms with E-state index in [0.717, 1.165) is 42.9 Å². The summed E-state index contributed by atoms with van der Waals surface area (Å²) in [6, 6.07) is 4.40. The Morgan fingerprint density at radius 1 is 1.07 bits per heavy atom. The molecule has 154 valence electrons. The van der Waals surface area contributed by atoms with Gasteiger partial charge in [-0.3, -0.25) is 34.3 Å². The van der Waals surface area contributed by atoms with E-state index < -0.39 is 23.8 Å². The maximum atomic E-state index is 13.1. The van der Waals surface area contributed by atoms with Gasteiger partial charge in [-0.2, -0.15) is 0 Å². The van der Waals surface area contributed by atoms with Crippen LogP contribution in [0.1, 0.15) is 52.0 Å². The van der Waals surface area contributed by atoms with Gasteiger partial charge >= 0.3 is 0 Å². The first-order chi connectivity index (χ1) is 14.0. The summed E-state index contributed by atoms with van der Waals surface area (Å²) >= 11 is 0. The Morgan fingerprint density at radius 2 is 1.83 bits per heavy atom. The summed E-state index contributed by atoms with van der Waals surface area (Å²) in [5.41, 5.74) is 1.57. The zero-order chi connectivity index (χ0) is 20.5. The van der Waals surface area contributed by atoms with Crippen LogP contribution in [0.25, 0.3) is 0 Å². The van der Waals surface area contributed by atoms with Crippen LogP contribution in [0.5, 0.6) is 0 Å². The van der Waals surface area contributed by atoms with Crippen LogP contribution in [-0.4, -0.2) is 66.2 Å². The van der Waals surface area contributed by atoms with E-state index in [-0.39, 0.29) is 18.7 Å². The fourth-order valence-corrected chi connectivity index (χ4v) is 4.59. The molecule has 0 saturated carbocycles. The number of piperidine rings is 2. The number of nitrogens with one attached hydrogen (secondary N) is 2. The van der Waals surface area contributed by atoms with Crippen LogP contribution in [-0.2, 0) is 16.1 Å². The Kier molecular flexibility index (Phi) is 5.47. The van der Waals surface area contributed by atoms with Gasteiger partial charge in [0.25, 0.3) is 11.8 Å². The van der Waals surface area contributed by atoms with Crippen LogP contribution in [0.3, 0.4) is 0 Å². The van der Waals surface area contributed by atoms with E-state index in [1.807, 2.05) is 13.1 Å². The van der Waals surface area contributed by atoms with Crippen molar-refractivity contribution in [2.75, 3.05) is 26.7 Å². The Balaban J connectivity index is 1.52. The molecule has 2 saturated heterocycles. The number of likely N-dealkylation sites (tertiary alicyclic amines) is 1. The van der Waals surface area contributed by atoms with Crippen LogP contribution in [0.4, 0.5) is 0 Å². The average molecular weight is 398 g/mol. The zero-order valence-electron chi connectivity index (χ0n) is 16.6. The monoisotopic (exact) mass is 398 g/mol. The normalized spacial score (nSPS) is 23.5. The number of carbonyl (C=O) groups is 4. The zero-order valence-corrected chi connectivity index (χ0v) is 16.6. The Labute approximate surface area is 169 Å². The van der Waals surface area contributed by atoms with E-state index in [1.165, 1.54) is 0 Å². The van der Waals surface area contributed by atoms with Gasteiger partial charge in [-0.25, -0.2) is 0 Å². The summed E-state index contributed by atoms with van der Waals surface area (Å²) in [5, 5.41) is 5.46. The molecule has 1 aromatic rings. The van der Waals surface area contributed by atoms with Gasteiger partial charge in [0, 0.05) is 13.0 Å². The minimum atomic E-state index is -0.926. The van der Waals surface area contributed by atoms with Crippen LogP contribution in [0.15, 0.2) is 18.2 Å². The molecule has 0 aromatic heterocycles. The van der Waals surface area contributed by atoms with Gasteiger partial charge in [0.05, 0.1) is 11.1 Å². The molecule has 0 aliphatic carbocycles. The molecule has 3 aliphatic heterocycles.